The summed E-state index contributed by atoms with van der Waals surface area (Å²) in [6.45, 7) is 1.98. The number of hydrogen-bond acceptors (Lipinski definition) is 3. The monoisotopic (exact) mass is 278 g/mol. The van der Waals surface area contributed by atoms with Crippen molar-refractivity contribution in [3.63, 3.8) is 0 Å². The molecule has 0 spiro atoms. The summed E-state index contributed by atoms with van der Waals surface area (Å²) in [5.41, 5.74) is 0.954. The lowest BCUT2D eigenvalue weighted by molar-refractivity contribution is 0.245. The summed E-state index contributed by atoms with van der Waals surface area (Å²) in [7, 11) is 1.59. The van der Waals surface area contributed by atoms with E-state index in [9.17, 15) is 5.26 Å². The highest BCUT2D eigenvalue weighted by molar-refractivity contribution is 6.32. The number of methoxy groups -OCH3 is 1. The molecule has 0 saturated carbocycles. The Morgan fingerprint density at radius 2 is 1.95 bits per heavy atom. The van der Waals surface area contributed by atoms with Crippen molar-refractivity contribution in [2.75, 3.05) is 20.2 Å². The molecular weight excluding hydrogens is 260 g/mol. The van der Waals surface area contributed by atoms with Gasteiger partial charge in [0.1, 0.15) is 11.8 Å². The average Bonchev–Trinajstić information content (AvgIpc) is 2.69. The Labute approximate surface area is 119 Å². The van der Waals surface area contributed by atoms with Gasteiger partial charge in [-0.15, -0.1) is 0 Å². The van der Waals surface area contributed by atoms with Crippen LogP contribution in [0.2, 0.25) is 5.02 Å². The highest BCUT2D eigenvalue weighted by Crippen LogP contribution is 2.30. The van der Waals surface area contributed by atoms with Crippen molar-refractivity contribution in [1.29, 1.82) is 5.26 Å². The number of rotatable bonds is 3. The van der Waals surface area contributed by atoms with Crippen LogP contribution in [0.5, 0.6) is 5.75 Å². The van der Waals surface area contributed by atoms with Crippen molar-refractivity contribution in [2.45, 2.75) is 31.7 Å². The molecule has 1 aliphatic rings. The molecule has 0 N–H and O–H groups in total. The Morgan fingerprint density at radius 3 is 2.47 bits per heavy atom. The predicted molar refractivity (Wildman–Crippen MR) is 76.4 cm³/mol. The molecule has 2 rings (SSSR count). The summed E-state index contributed by atoms with van der Waals surface area (Å²) < 4.78 is 5.15. The minimum absolute atomic E-state index is 0.207. The second-order valence-corrected chi connectivity index (χ2v) is 5.28. The molecule has 1 aliphatic heterocycles. The number of likely N-dealkylation sites (tertiary alicyclic amines) is 1. The molecule has 1 aromatic carbocycles. The van der Waals surface area contributed by atoms with Crippen LogP contribution >= 0.6 is 11.6 Å². The van der Waals surface area contributed by atoms with Crippen LogP contribution in [0.25, 0.3) is 0 Å². The van der Waals surface area contributed by atoms with E-state index in [1.165, 1.54) is 25.7 Å². The molecule has 19 heavy (non-hydrogen) atoms. The molecule has 102 valence electrons. The molecule has 0 bridgehead atoms. The van der Waals surface area contributed by atoms with Crippen LogP contribution in [0.1, 0.15) is 37.3 Å². The fourth-order valence-corrected chi connectivity index (χ4v) is 2.84. The summed E-state index contributed by atoms with van der Waals surface area (Å²) in [5, 5.41) is 10.0. The molecule has 1 unspecified atom stereocenters. The minimum atomic E-state index is -0.207. The van der Waals surface area contributed by atoms with E-state index in [0.29, 0.717) is 10.8 Å². The van der Waals surface area contributed by atoms with Gasteiger partial charge in [0.15, 0.2) is 0 Å². The van der Waals surface area contributed by atoms with E-state index in [1.54, 1.807) is 7.11 Å². The fraction of sp³-hybridized carbons (Fsp3) is 0.533. The van der Waals surface area contributed by atoms with Crippen molar-refractivity contribution in [3.05, 3.63) is 28.8 Å². The summed E-state index contributed by atoms with van der Waals surface area (Å²) in [6, 6.07) is 7.81. The third kappa shape index (κ3) is 3.40. The van der Waals surface area contributed by atoms with Gasteiger partial charge in [-0.05, 0) is 43.6 Å². The van der Waals surface area contributed by atoms with E-state index < -0.39 is 0 Å². The van der Waals surface area contributed by atoms with E-state index >= 15 is 0 Å². The van der Waals surface area contributed by atoms with Gasteiger partial charge in [0.2, 0.25) is 0 Å². The topological polar surface area (TPSA) is 36.3 Å². The van der Waals surface area contributed by atoms with Gasteiger partial charge in [-0.1, -0.05) is 30.5 Å². The van der Waals surface area contributed by atoms with Crippen LogP contribution in [0, 0.1) is 11.3 Å². The number of nitrogens with zero attached hydrogens (tertiary/aromatic N) is 2. The zero-order chi connectivity index (χ0) is 13.7. The minimum Gasteiger partial charge on any atom is -0.495 e. The van der Waals surface area contributed by atoms with E-state index in [4.69, 9.17) is 16.3 Å². The number of ether oxygens (including phenoxy) is 1. The van der Waals surface area contributed by atoms with Crippen LogP contribution in [-0.4, -0.2) is 25.1 Å². The van der Waals surface area contributed by atoms with E-state index in [2.05, 4.69) is 11.0 Å². The maximum atomic E-state index is 9.47. The van der Waals surface area contributed by atoms with Crippen molar-refractivity contribution < 1.29 is 4.74 Å². The van der Waals surface area contributed by atoms with Crippen LogP contribution in [0.15, 0.2) is 18.2 Å². The van der Waals surface area contributed by atoms with E-state index in [1.807, 2.05) is 18.2 Å². The molecule has 1 heterocycles. The maximum absolute atomic E-state index is 9.47. The molecule has 0 radical (unpaired) electrons. The molecule has 1 atom stereocenters. The summed E-state index contributed by atoms with van der Waals surface area (Å²) in [5.74, 6) is 0.651. The third-order valence-electron chi connectivity index (χ3n) is 3.62. The van der Waals surface area contributed by atoms with Gasteiger partial charge in [-0.3, -0.25) is 4.90 Å². The Bertz CT molecular complexity index is 462. The maximum Gasteiger partial charge on any atom is 0.137 e. The van der Waals surface area contributed by atoms with Gasteiger partial charge >= 0.3 is 0 Å². The van der Waals surface area contributed by atoms with Crippen LogP contribution in [0.3, 0.4) is 0 Å². The first-order chi connectivity index (χ1) is 9.26. The molecule has 1 saturated heterocycles. The zero-order valence-corrected chi connectivity index (χ0v) is 12.0. The largest absolute Gasteiger partial charge is 0.495 e. The lowest BCUT2D eigenvalue weighted by Crippen LogP contribution is -2.28. The Kier molecular flexibility index (Phi) is 5.07. The standard InChI is InChI=1S/C15H19ClN2O/c1-19-15-7-6-12(10-13(15)16)14(11-17)18-8-4-2-3-5-9-18/h6-7,10,14H,2-5,8-9H2,1H3. The predicted octanol–water partition coefficient (Wildman–Crippen LogP) is 3.79. The highest BCUT2D eigenvalue weighted by Gasteiger charge is 2.21. The quantitative estimate of drug-likeness (QED) is 0.844. The Morgan fingerprint density at radius 1 is 1.26 bits per heavy atom. The van der Waals surface area contributed by atoms with Gasteiger partial charge in [0, 0.05) is 0 Å². The lowest BCUT2D eigenvalue weighted by Gasteiger charge is -2.25. The second-order valence-electron chi connectivity index (χ2n) is 4.88. The molecule has 3 nitrogen and oxygen atoms in total. The first-order valence-electron chi connectivity index (χ1n) is 6.73. The van der Waals surface area contributed by atoms with Crippen molar-refractivity contribution >= 4 is 11.6 Å². The molecule has 0 aliphatic carbocycles. The van der Waals surface area contributed by atoms with Gasteiger partial charge in [-0.2, -0.15) is 5.26 Å². The SMILES string of the molecule is COc1ccc(C(C#N)N2CCCCCC2)cc1Cl. The van der Waals surface area contributed by atoms with Crippen LogP contribution in [0.4, 0.5) is 0 Å². The van der Waals surface area contributed by atoms with E-state index in [0.717, 1.165) is 18.7 Å². The summed E-state index contributed by atoms with van der Waals surface area (Å²) >= 11 is 6.15. The first-order valence-corrected chi connectivity index (χ1v) is 7.11. The summed E-state index contributed by atoms with van der Waals surface area (Å²) in [6.07, 6.45) is 4.86. The van der Waals surface area contributed by atoms with Crippen LogP contribution < -0.4 is 4.74 Å². The number of halogens is 1. The Balaban J connectivity index is 2.21. The van der Waals surface area contributed by atoms with Crippen molar-refractivity contribution in [2.24, 2.45) is 0 Å². The third-order valence-corrected chi connectivity index (χ3v) is 3.92. The molecule has 1 aromatic rings. The molecule has 0 amide bonds. The van der Waals surface area contributed by atoms with Gasteiger partial charge in [-0.25, -0.2) is 0 Å². The highest BCUT2D eigenvalue weighted by atomic mass is 35.5. The van der Waals surface area contributed by atoms with Gasteiger partial charge < -0.3 is 4.74 Å². The molecule has 1 fully saturated rings. The van der Waals surface area contributed by atoms with E-state index in [-0.39, 0.29) is 6.04 Å². The van der Waals surface area contributed by atoms with Crippen molar-refractivity contribution in [3.8, 4) is 11.8 Å². The van der Waals surface area contributed by atoms with Crippen LogP contribution in [-0.2, 0) is 0 Å². The smallest absolute Gasteiger partial charge is 0.137 e. The molecule has 0 aromatic heterocycles. The first kappa shape index (κ1) is 14.2. The Hall–Kier alpha value is -1.24. The second kappa shape index (κ2) is 6.79. The number of nitriles is 1. The molecule has 4 heteroatoms. The van der Waals surface area contributed by atoms with Gasteiger partial charge in [0.05, 0.1) is 18.2 Å². The normalized spacial score (nSPS) is 18.4. The lowest BCUT2D eigenvalue weighted by atomic mass is 10.1. The number of benzene rings is 1. The molecular formula is C15H19ClN2O. The van der Waals surface area contributed by atoms with Gasteiger partial charge in [0.25, 0.3) is 0 Å². The van der Waals surface area contributed by atoms with Crippen molar-refractivity contribution in [1.82, 2.24) is 4.90 Å². The fourth-order valence-electron chi connectivity index (χ4n) is 2.57. The average molecular weight is 279 g/mol. The summed E-state index contributed by atoms with van der Waals surface area (Å²) in [4.78, 5) is 2.26. The number of hydrogen-bond donors (Lipinski definition) is 0. The zero-order valence-electron chi connectivity index (χ0n) is 11.2.